The highest BCUT2D eigenvalue weighted by atomic mass is 19.1. The minimum Gasteiger partial charge on any atom is -0.494 e. The maximum Gasteiger partial charge on any atom is 0.165 e. The van der Waals surface area contributed by atoms with E-state index in [2.05, 4.69) is 6.92 Å². The molecule has 1 atom stereocenters. The second kappa shape index (κ2) is 6.48. The summed E-state index contributed by atoms with van der Waals surface area (Å²) in [6.07, 6.45) is 3.86. The molecule has 0 saturated carbocycles. The number of methoxy groups -OCH3 is 1. The van der Waals surface area contributed by atoms with Crippen LogP contribution in [0, 0.1) is 5.82 Å². The molecule has 1 aromatic rings. The first-order chi connectivity index (χ1) is 7.67. The molecule has 0 fully saturated rings. The van der Waals surface area contributed by atoms with Gasteiger partial charge in [-0.1, -0.05) is 13.0 Å². The number of halogens is 1. The molecule has 0 amide bonds. The van der Waals surface area contributed by atoms with E-state index in [1.807, 2.05) is 6.07 Å². The lowest BCUT2D eigenvalue weighted by atomic mass is 10.0. The molecule has 0 aliphatic rings. The van der Waals surface area contributed by atoms with Crippen molar-refractivity contribution >= 4 is 0 Å². The molecular weight excluding hydrogens is 205 g/mol. The van der Waals surface area contributed by atoms with Gasteiger partial charge in [-0.2, -0.15) is 0 Å². The van der Waals surface area contributed by atoms with Crippen LogP contribution >= 0.6 is 0 Å². The Morgan fingerprint density at radius 3 is 2.75 bits per heavy atom. The third kappa shape index (κ3) is 3.81. The molecule has 3 heteroatoms. The molecule has 1 unspecified atom stereocenters. The summed E-state index contributed by atoms with van der Waals surface area (Å²) in [5.74, 6) is 0.00815. The third-order valence-electron chi connectivity index (χ3n) is 2.78. The Balaban J connectivity index is 2.46. The molecule has 0 bridgehead atoms. The molecule has 0 heterocycles. The summed E-state index contributed by atoms with van der Waals surface area (Å²) in [5.41, 5.74) is 6.82. The summed E-state index contributed by atoms with van der Waals surface area (Å²) >= 11 is 0. The third-order valence-corrected chi connectivity index (χ3v) is 2.78. The maximum absolute atomic E-state index is 13.4. The van der Waals surface area contributed by atoms with Gasteiger partial charge in [0.2, 0.25) is 0 Å². The first kappa shape index (κ1) is 13.0. The van der Waals surface area contributed by atoms with E-state index in [0.717, 1.165) is 31.2 Å². The Morgan fingerprint density at radius 1 is 1.44 bits per heavy atom. The summed E-state index contributed by atoms with van der Waals surface area (Å²) in [5, 5.41) is 0. The Hall–Kier alpha value is -1.09. The zero-order chi connectivity index (χ0) is 12.0. The summed E-state index contributed by atoms with van der Waals surface area (Å²) in [4.78, 5) is 0. The molecule has 2 N–H and O–H groups in total. The average molecular weight is 225 g/mol. The van der Waals surface area contributed by atoms with Crippen LogP contribution in [0.3, 0.4) is 0 Å². The molecule has 0 radical (unpaired) electrons. The second-order valence-electron chi connectivity index (χ2n) is 4.03. The van der Waals surface area contributed by atoms with Crippen molar-refractivity contribution in [1.82, 2.24) is 0 Å². The molecule has 0 saturated heterocycles. The number of benzene rings is 1. The number of nitrogens with two attached hydrogens (primary N) is 1. The summed E-state index contributed by atoms with van der Waals surface area (Å²) in [6, 6.07) is 5.38. The molecule has 90 valence electrons. The molecular formula is C13H20FNO. The SMILES string of the molecule is CCC(N)CCCc1ccc(OC)c(F)c1. The molecule has 0 aliphatic heterocycles. The fraction of sp³-hybridized carbons (Fsp3) is 0.538. The van der Waals surface area contributed by atoms with Crippen molar-refractivity contribution in [3.63, 3.8) is 0 Å². The van der Waals surface area contributed by atoms with E-state index in [-0.39, 0.29) is 11.9 Å². The van der Waals surface area contributed by atoms with E-state index in [1.54, 1.807) is 6.07 Å². The van der Waals surface area contributed by atoms with Gasteiger partial charge in [-0.25, -0.2) is 4.39 Å². The molecule has 0 spiro atoms. The Morgan fingerprint density at radius 2 is 2.19 bits per heavy atom. The molecule has 16 heavy (non-hydrogen) atoms. The van der Waals surface area contributed by atoms with Gasteiger partial charge in [-0.3, -0.25) is 0 Å². The van der Waals surface area contributed by atoms with E-state index >= 15 is 0 Å². The molecule has 2 nitrogen and oxygen atoms in total. The number of aryl methyl sites for hydroxylation is 1. The van der Waals surface area contributed by atoms with Gasteiger partial charge in [0.1, 0.15) is 0 Å². The van der Waals surface area contributed by atoms with Crippen molar-refractivity contribution in [3.05, 3.63) is 29.6 Å². The summed E-state index contributed by atoms with van der Waals surface area (Å²) < 4.78 is 18.2. The topological polar surface area (TPSA) is 35.2 Å². The van der Waals surface area contributed by atoms with E-state index in [0.29, 0.717) is 5.75 Å². The fourth-order valence-electron chi connectivity index (χ4n) is 1.64. The lowest BCUT2D eigenvalue weighted by molar-refractivity contribution is 0.386. The van der Waals surface area contributed by atoms with Crippen LogP contribution in [0.1, 0.15) is 31.7 Å². The van der Waals surface area contributed by atoms with Gasteiger partial charge in [0.05, 0.1) is 7.11 Å². The van der Waals surface area contributed by atoms with Gasteiger partial charge in [-0.15, -0.1) is 0 Å². The lowest BCUT2D eigenvalue weighted by Gasteiger charge is -2.08. The van der Waals surface area contributed by atoms with Crippen LogP contribution in [0.4, 0.5) is 4.39 Å². The van der Waals surface area contributed by atoms with Gasteiger partial charge in [-0.05, 0) is 43.4 Å². The average Bonchev–Trinajstić information content (AvgIpc) is 2.29. The van der Waals surface area contributed by atoms with Crippen molar-refractivity contribution in [3.8, 4) is 5.75 Å². The predicted molar refractivity (Wildman–Crippen MR) is 64.2 cm³/mol. The number of hydrogen-bond donors (Lipinski definition) is 1. The van der Waals surface area contributed by atoms with Crippen LogP contribution in [-0.2, 0) is 6.42 Å². The predicted octanol–water partition coefficient (Wildman–Crippen LogP) is 2.89. The Labute approximate surface area is 96.6 Å². The van der Waals surface area contributed by atoms with Crippen molar-refractivity contribution in [2.75, 3.05) is 7.11 Å². The smallest absolute Gasteiger partial charge is 0.165 e. The normalized spacial score (nSPS) is 12.5. The van der Waals surface area contributed by atoms with E-state index in [1.165, 1.54) is 13.2 Å². The molecule has 1 aromatic carbocycles. The number of ether oxygens (including phenoxy) is 1. The van der Waals surface area contributed by atoms with Gasteiger partial charge >= 0.3 is 0 Å². The maximum atomic E-state index is 13.4. The van der Waals surface area contributed by atoms with Crippen LogP contribution < -0.4 is 10.5 Å². The molecule has 1 rings (SSSR count). The van der Waals surface area contributed by atoms with Gasteiger partial charge in [0.15, 0.2) is 11.6 Å². The highest BCUT2D eigenvalue weighted by molar-refractivity contribution is 5.29. The van der Waals surface area contributed by atoms with E-state index < -0.39 is 0 Å². The van der Waals surface area contributed by atoms with E-state index in [4.69, 9.17) is 10.5 Å². The van der Waals surface area contributed by atoms with Crippen LogP contribution in [0.5, 0.6) is 5.75 Å². The highest BCUT2D eigenvalue weighted by Crippen LogP contribution is 2.18. The number of hydrogen-bond acceptors (Lipinski definition) is 2. The van der Waals surface area contributed by atoms with Gasteiger partial charge in [0.25, 0.3) is 0 Å². The minimum atomic E-state index is -0.292. The largest absolute Gasteiger partial charge is 0.494 e. The van der Waals surface area contributed by atoms with Crippen LogP contribution in [0.2, 0.25) is 0 Å². The van der Waals surface area contributed by atoms with Crippen molar-refractivity contribution < 1.29 is 9.13 Å². The standard InChI is InChI=1S/C13H20FNO/c1-3-11(15)6-4-5-10-7-8-13(16-2)12(14)9-10/h7-9,11H,3-6,15H2,1-2H3. The van der Waals surface area contributed by atoms with Crippen molar-refractivity contribution in [2.45, 2.75) is 38.6 Å². The van der Waals surface area contributed by atoms with Crippen LogP contribution in [-0.4, -0.2) is 13.2 Å². The minimum absolute atomic E-state index is 0.267. The molecule has 0 aliphatic carbocycles. The first-order valence-electron chi connectivity index (χ1n) is 5.75. The second-order valence-corrected chi connectivity index (χ2v) is 4.03. The Kier molecular flexibility index (Phi) is 5.26. The van der Waals surface area contributed by atoms with Gasteiger partial charge < -0.3 is 10.5 Å². The monoisotopic (exact) mass is 225 g/mol. The lowest BCUT2D eigenvalue weighted by Crippen LogP contribution is -2.18. The number of rotatable bonds is 6. The van der Waals surface area contributed by atoms with Gasteiger partial charge in [0, 0.05) is 6.04 Å². The van der Waals surface area contributed by atoms with Crippen molar-refractivity contribution in [1.29, 1.82) is 0 Å². The fourth-order valence-corrected chi connectivity index (χ4v) is 1.64. The Bertz CT molecular complexity index is 328. The van der Waals surface area contributed by atoms with Crippen molar-refractivity contribution in [2.24, 2.45) is 5.73 Å². The van der Waals surface area contributed by atoms with Crippen LogP contribution in [0.15, 0.2) is 18.2 Å². The first-order valence-corrected chi connectivity index (χ1v) is 5.75. The summed E-state index contributed by atoms with van der Waals surface area (Å²) in [7, 11) is 1.47. The molecule has 0 aromatic heterocycles. The van der Waals surface area contributed by atoms with Crippen LogP contribution in [0.25, 0.3) is 0 Å². The zero-order valence-corrected chi connectivity index (χ0v) is 10.0. The van der Waals surface area contributed by atoms with E-state index in [9.17, 15) is 4.39 Å². The highest BCUT2D eigenvalue weighted by Gasteiger charge is 2.04. The zero-order valence-electron chi connectivity index (χ0n) is 10.0. The summed E-state index contributed by atoms with van der Waals surface area (Å²) in [6.45, 7) is 2.08. The quantitative estimate of drug-likeness (QED) is 0.808.